The van der Waals surface area contributed by atoms with Crippen LogP contribution in [0.2, 0.25) is 0 Å². The predicted molar refractivity (Wildman–Crippen MR) is 57.5 cm³/mol. The molecule has 0 aromatic carbocycles. The zero-order valence-electron chi connectivity index (χ0n) is 10.1. The van der Waals surface area contributed by atoms with Gasteiger partial charge in [0.2, 0.25) is 0 Å². The summed E-state index contributed by atoms with van der Waals surface area (Å²) in [6.07, 6.45) is 2.45. The van der Waals surface area contributed by atoms with Crippen LogP contribution in [0.15, 0.2) is 0 Å². The van der Waals surface area contributed by atoms with Crippen LogP contribution in [0, 0.1) is 5.41 Å². The molecule has 0 aliphatic heterocycles. The minimum atomic E-state index is 0.441. The second-order valence-electron chi connectivity index (χ2n) is 5.08. The van der Waals surface area contributed by atoms with Gasteiger partial charge in [0.15, 0.2) is 0 Å². The van der Waals surface area contributed by atoms with Crippen molar-refractivity contribution in [2.45, 2.75) is 53.5 Å². The molecule has 0 spiro atoms. The van der Waals surface area contributed by atoms with Crippen LogP contribution >= 0.6 is 0 Å². The van der Waals surface area contributed by atoms with Crippen LogP contribution in [0.4, 0.5) is 0 Å². The van der Waals surface area contributed by atoms with E-state index in [9.17, 15) is 0 Å². The first-order valence-corrected chi connectivity index (χ1v) is 5.17. The number of hydrogen-bond acceptors (Lipinski definition) is 2. The Morgan fingerprint density at radius 3 is 2.08 bits per heavy atom. The van der Waals surface area contributed by atoms with E-state index in [2.05, 4.69) is 34.6 Å². The van der Waals surface area contributed by atoms with Crippen LogP contribution in [0.1, 0.15) is 47.5 Å². The van der Waals surface area contributed by atoms with Crippen molar-refractivity contribution in [1.82, 2.24) is 5.06 Å². The lowest BCUT2D eigenvalue weighted by Gasteiger charge is -2.25. The molecule has 0 amide bonds. The van der Waals surface area contributed by atoms with Crippen LogP contribution < -0.4 is 0 Å². The molecule has 0 atom stereocenters. The largest absolute Gasteiger partial charge is 0.302 e. The maximum absolute atomic E-state index is 5.26. The Bertz CT molecular complexity index is 127. The molecule has 13 heavy (non-hydrogen) atoms. The maximum Gasteiger partial charge on any atom is 0.0575 e. The lowest BCUT2D eigenvalue weighted by molar-refractivity contribution is -0.154. The van der Waals surface area contributed by atoms with Gasteiger partial charge in [0.25, 0.3) is 0 Å². The highest BCUT2D eigenvalue weighted by molar-refractivity contribution is 4.62. The molecule has 0 aromatic heterocycles. The fraction of sp³-hybridized carbons (Fsp3) is 1.00. The first-order valence-electron chi connectivity index (χ1n) is 5.17. The average Bonchev–Trinajstić information content (AvgIpc) is 1.95. The fourth-order valence-corrected chi connectivity index (χ4v) is 1.33. The summed E-state index contributed by atoms with van der Waals surface area (Å²) in [5, 5.41) is 2.03. The van der Waals surface area contributed by atoms with Crippen molar-refractivity contribution in [2.24, 2.45) is 5.41 Å². The first kappa shape index (κ1) is 12.9. The molecule has 2 heteroatoms. The summed E-state index contributed by atoms with van der Waals surface area (Å²) in [6.45, 7) is 12.2. The van der Waals surface area contributed by atoms with E-state index in [0.717, 1.165) is 6.54 Å². The van der Waals surface area contributed by atoms with Gasteiger partial charge in [-0.25, -0.2) is 0 Å². The third-order valence-corrected chi connectivity index (χ3v) is 2.12. The molecule has 0 unspecified atom stereocenters. The molecule has 0 rings (SSSR count). The molecule has 0 aliphatic rings. The standard InChI is InChI=1S/C11H25NO/c1-10(2)12(13-6)9-7-8-11(3,4)5/h10H,7-9H2,1-6H3. The Labute approximate surface area is 83.2 Å². The highest BCUT2D eigenvalue weighted by Gasteiger charge is 2.12. The van der Waals surface area contributed by atoms with Crippen molar-refractivity contribution in [1.29, 1.82) is 0 Å². The molecule has 0 heterocycles. The molecule has 0 saturated heterocycles. The Kier molecular flexibility index (Phi) is 5.57. The van der Waals surface area contributed by atoms with E-state index in [1.54, 1.807) is 7.11 Å². The number of hydrogen-bond donors (Lipinski definition) is 0. The van der Waals surface area contributed by atoms with E-state index in [4.69, 9.17) is 4.84 Å². The Morgan fingerprint density at radius 2 is 1.77 bits per heavy atom. The Morgan fingerprint density at radius 1 is 1.23 bits per heavy atom. The molecular weight excluding hydrogens is 162 g/mol. The summed E-state index contributed by atoms with van der Waals surface area (Å²) >= 11 is 0. The van der Waals surface area contributed by atoms with Crippen molar-refractivity contribution in [2.75, 3.05) is 13.7 Å². The second-order valence-corrected chi connectivity index (χ2v) is 5.08. The van der Waals surface area contributed by atoms with E-state index in [1.165, 1.54) is 12.8 Å². The fourth-order valence-electron chi connectivity index (χ4n) is 1.33. The molecule has 0 aliphatic carbocycles. The predicted octanol–water partition coefficient (Wildman–Crippen LogP) is 3.08. The molecule has 0 fully saturated rings. The third kappa shape index (κ3) is 7.03. The summed E-state index contributed by atoms with van der Waals surface area (Å²) < 4.78 is 0. The van der Waals surface area contributed by atoms with Gasteiger partial charge in [0.05, 0.1) is 7.11 Å². The lowest BCUT2D eigenvalue weighted by atomic mass is 9.90. The SMILES string of the molecule is CON(CCCC(C)(C)C)C(C)C. The molecule has 0 bridgehead atoms. The molecule has 2 nitrogen and oxygen atoms in total. The highest BCUT2D eigenvalue weighted by Crippen LogP contribution is 2.20. The van der Waals surface area contributed by atoms with Crippen LogP contribution in [-0.4, -0.2) is 24.8 Å². The second kappa shape index (κ2) is 5.61. The minimum Gasteiger partial charge on any atom is -0.302 e. The summed E-state index contributed by atoms with van der Waals surface area (Å²) in [5.41, 5.74) is 0.441. The molecule has 0 N–H and O–H groups in total. The van der Waals surface area contributed by atoms with Crippen LogP contribution in [0.3, 0.4) is 0 Å². The van der Waals surface area contributed by atoms with Gasteiger partial charge in [-0.1, -0.05) is 20.8 Å². The third-order valence-electron chi connectivity index (χ3n) is 2.12. The molecule has 0 saturated carbocycles. The summed E-state index contributed by atoms with van der Waals surface area (Å²) in [5.74, 6) is 0. The molecule has 80 valence electrons. The summed E-state index contributed by atoms with van der Waals surface area (Å²) in [7, 11) is 1.75. The summed E-state index contributed by atoms with van der Waals surface area (Å²) in [6, 6.07) is 0.477. The first-order chi connectivity index (χ1) is 5.87. The van der Waals surface area contributed by atoms with Crippen molar-refractivity contribution in [3.63, 3.8) is 0 Å². The van der Waals surface area contributed by atoms with E-state index in [-0.39, 0.29) is 0 Å². The van der Waals surface area contributed by atoms with Gasteiger partial charge in [-0.2, -0.15) is 5.06 Å². The quantitative estimate of drug-likeness (QED) is 0.613. The van der Waals surface area contributed by atoms with Crippen molar-refractivity contribution in [3.8, 4) is 0 Å². The van der Waals surface area contributed by atoms with Crippen LogP contribution in [0.5, 0.6) is 0 Å². The average molecular weight is 187 g/mol. The van der Waals surface area contributed by atoms with Crippen LogP contribution in [-0.2, 0) is 4.84 Å². The van der Waals surface area contributed by atoms with Gasteiger partial charge in [0.1, 0.15) is 0 Å². The van der Waals surface area contributed by atoms with E-state index in [1.807, 2.05) is 5.06 Å². The smallest absolute Gasteiger partial charge is 0.0575 e. The molecular formula is C11H25NO. The Balaban J connectivity index is 3.62. The van der Waals surface area contributed by atoms with Crippen molar-refractivity contribution in [3.05, 3.63) is 0 Å². The van der Waals surface area contributed by atoms with Crippen molar-refractivity contribution < 1.29 is 4.84 Å². The van der Waals surface area contributed by atoms with E-state index >= 15 is 0 Å². The number of nitrogens with zero attached hydrogens (tertiary/aromatic N) is 1. The lowest BCUT2D eigenvalue weighted by Crippen LogP contribution is -2.31. The zero-order chi connectivity index (χ0) is 10.5. The van der Waals surface area contributed by atoms with Gasteiger partial charge in [-0.15, -0.1) is 0 Å². The van der Waals surface area contributed by atoms with Gasteiger partial charge >= 0.3 is 0 Å². The topological polar surface area (TPSA) is 12.5 Å². The van der Waals surface area contributed by atoms with Gasteiger partial charge in [0, 0.05) is 12.6 Å². The van der Waals surface area contributed by atoms with Crippen LogP contribution in [0.25, 0.3) is 0 Å². The minimum absolute atomic E-state index is 0.441. The van der Waals surface area contributed by atoms with Gasteiger partial charge < -0.3 is 4.84 Å². The van der Waals surface area contributed by atoms with E-state index < -0.39 is 0 Å². The Hall–Kier alpha value is -0.0800. The van der Waals surface area contributed by atoms with Gasteiger partial charge in [-0.05, 0) is 32.1 Å². The maximum atomic E-state index is 5.26. The highest BCUT2D eigenvalue weighted by atomic mass is 16.7. The van der Waals surface area contributed by atoms with E-state index in [0.29, 0.717) is 11.5 Å². The zero-order valence-corrected chi connectivity index (χ0v) is 10.1. The number of hydroxylamine groups is 2. The normalized spacial score (nSPS) is 12.9. The van der Waals surface area contributed by atoms with Crippen molar-refractivity contribution >= 4 is 0 Å². The number of rotatable bonds is 5. The molecule has 0 aromatic rings. The summed E-state index contributed by atoms with van der Waals surface area (Å²) in [4.78, 5) is 5.26. The molecule has 0 radical (unpaired) electrons. The van der Waals surface area contributed by atoms with Gasteiger partial charge in [-0.3, -0.25) is 0 Å². The monoisotopic (exact) mass is 187 g/mol.